The molecule has 0 saturated carbocycles. The molecular formula is C30H88N4O16Si4. The second-order valence-corrected chi connectivity index (χ2v) is 19.9. The van der Waals surface area contributed by atoms with Gasteiger partial charge in [-0.15, -0.1) is 0 Å². The van der Waals surface area contributed by atoms with Crippen LogP contribution in [0.25, 0.3) is 0 Å². The molecule has 0 aromatic carbocycles. The Morgan fingerprint density at radius 1 is 0.370 bits per heavy atom. The molecule has 0 amide bonds. The van der Waals surface area contributed by atoms with E-state index in [0.717, 1.165) is 24.9 Å². The number of hydrogen-bond donors (Lipinski definition) is 11. The molecular weight excluding hydrogens is 785 g/mol. The molecule has 0 aliphatic heterocycles. The molecule has 0 aromatic heterocycles. The van der Waals surface area contributed by atoms with Crippen LogP contribution in [-0.2, 0) is 31.0 Å². The molecule has 0 radical (unpaired) electrons. The summed E-state index contributed by atoms with van der Waals surface area (Å²) in [7, 11) is -11.9. The summed E-state index contributed by atoms with van der Waals surface area (Å²) < 4.78 is 38.6. The Bertz CT molecular complexity index is 593. The first-order valence-electron chi connectivity index (χ1n) is 18.6. The summed E-state index contributed by atoms with van der Waals surface area (Å²) >= 11 is 0. The molecule has 0 aromatic rings. The van der Waals surface area contributed by atoms with Crippen molar-refractivity contribution in [3.63, 3.8) is 0 Å². The Labute approximate surface area is 331 Å². The fourth-order valence-electron chi connectivity index (χ4n) is 3.61. The lowest BCUT2D eigenvalue weighted by atomic mass is 10.5. The van der Waals surface area contributed by atoms with Gasteiger partial charge in [0, 0.05) is 83.6 Å². The van der Waals surface area contributed by atoms with Crippen molar-refractivity contribution in [2.75, 3.05) is 85.6 Å². The summed E-state index contributed by atoms with van der Waals surface area (Å²) in [5.74, 6) is 0. The van der Waals surface area contributed by atoms with Crippen molar-refractivity contribution in [3.8, 4) is 0 Å². The van der Waals surface area contributed by atoms with E-state index >= 15 is 0 Å². The smallest absolute Gasteiger partial charge is 0.412 e. The van der Waals surface area contributed by atoms with Crippen molar-refractivity contribution < 1.29 is 76.1 Å². The predicted octanol–water partition coefficient (Wildman–Crippen LogP) is -1.34. The van der Waals surface area contributed by atoms with Crippen molar-refractivity contribution in [3.05, 3.63) is 0 Å². The Hall–Kier alpha value is 0.0675. The summed E-state index contributed by atoms with van der Waals surface area (Å²) in [5.41, 5.74) is 21.2. The number of aliphatic hydroxyl groups excluding tert-OH is 2. The largest absolute Gasteiger partial charge is 0.500 e. The van der Waals surface area contributed by atoms with Gasteiger partial charge in [0.1, 0.15) is 0 Å². The van der Waals surface area contributed by atoms with Gasteiger partial charge in [-0.2, -0.15) is 0 Å². The average molecular weight is 873 g/mol. The van der Waals surface area contributed by atoms with Crippen LogP contribution in [0.2, 0.25) is 24.2 Å². The molecule has 0 bridgehead atoms. The van der Waals surface area contributed by atoms with Crippen molar-refractivity contribution in [1.82, 2.24) is 0 Å². The molecule has 0 saturated heterocycles. The van der Waals surface area contributed by atoms with Crippen LogP contribution in [-0.4, -0.2) is 166 Å². The topological polar surface area (TPSA) is 373 Å². The molecule has 0 spiro atoms. The SMILES string of the molecule is CCO.CCO.CCO[Si](CCCN)(OCC)OCC.CCO[Si](CCCN)(OCC)OCC.CCO[Si](O)(O)CCCN.NCCC[Si](O)(O)O.O.O. The highest BCUT2D eigenvalue weighted by molar-refractivity contribution is 6.61. The minimum atomic E-state index is -3.76. The van der Waals surface area contributed by atoms with Crippen LogP contribution >= 0.6 is 0 Å². The quantitative estimate of drug-likeness (QED) is 0.0448. The molecule has 0 aliphatic carbocycles. The van der Waals surface area contributed by atoms with E-state index in [9.17, 15) is 0 Å². The maximum atomic E-state index is 9.06. The fourth-order valence-corrected chi connectivity index (χ4v) is 10.8. The van der Waals surface area contributed by atoms with Crippen LogP contribution in [0.5, 0.6) is 0 Å². The minimum Gasteiger partial charge on any atom is -0.412 e. The van der Waals surface area contributed by atoms with Crippen LogP contribution in [0.15, 0.2) is 0 Å². The molecule has 0 unspecified atom stereocenters. The third-order valence-electron chi connectivity index (χ3n) is 5.36. The van der Waals surface area contributed by atoms with E-state index in [1.165, 1.54) is 0 Å². The van der Waals surface area contributed by atoms with Crippen molar-refractivity contribution in [1.29, 1.82) is 0 Å². The van der Waals surface area contributed by atoms with E-state index in [1.54, 1.807) is 20.8 Å². The molecule has 24 heteroatoms. The second kappa shape index (κ2) is 53.1. The monoisotopic (exact) mass is 873 g/mol. The lowest BCUT2D eigenvalue weighted by molar-refractivity contribution is 0.0702. The summed E-state index contributed by atoms with van der Waals surface area (Å²) in [4.78, 5) is 43.2. The van der Waals surface area contributed by atoms with Gasteiger partial charge in [-0.3, -0.25) is 0 Å². The first-order valence-corrected chi connectivity index (χ1v) is 26.5. The first-order chi connectivity index (χ1) is 24.5. The fraction of sp³-hybridized carbons (Fsp3) is 1.00. The first kappa shape index (κ1) is 71.7. The lowest BCUT2D eigenvalue weighted by Gasteiger charge is -2.28. The minimum absolute atomic E-state index is 0. The van der Waals surface area contributed by atoms with E-state index in [1.807, 2.05) is 41.5 Å². The average Bonchev–Trinajstić information content (AvgIpc) is 3.07. The van der Waals surface area contributed by atoms with Gasteiger partial charge >= 0.3 is 35.2 Å². The molecule has 20 nitrogen and oxygen atoms in total. The van der Waals surface area contributed by atoms with Gasteiger partial charge in [0.05, 0.1) is 0 Å². The van der Waals surface area contributed by atoms with Gasteiger partial charge < -0.3 is 99.1 Å². The number of nitrogens with two attached hydrogens (primary N) is 4. The molecule has 0 rings (SSSR count). The Morgan fingerprint density at radius 3 is 0.741 bits per heavy atom. The summed E-state index contributed by atoms with van der Waals surface area (Å²) in [6.07, 6.45) is 2.87. The lowest BCUT2D eigenvalue weighted by Crippen LogP contribution is -2.46. The van der Waals surface area contributed by atoms with E-state index < -0.39 is 35.2 Å². The standard InChI is InChI=1S/2C9H23NO3Si.C5H15NO3Si.C3H11NO3Si.2C2H6O.2H2O/c2*1-4-11-14(12-5-2,13-6-3)9-7-8-10;1-2-9-10(7,8)5-3-4-6;4-2-1-3-8(5,6)7;2*1-2-3;;/h2*4-10H2,1-3H3;7-8H,2-6H2,1H3;5-7H,1-4H2;2*3H,2H2,1H3;2*1H2. The van der Waals surface area contributed by atoms with Crippen LogP contribution < -0.4 is 22.9 Å². The molecule has 0 heterocycles. The van der Waals surface area contributed by atoms with Gasteiger partial charge in [-0.05, 0) is 114 Å². The zero-order valence-corrected chi connectivity index (χ0v) is 39.1. The van der Waals surface area contributed by atoms with Crippen LogP contribution in [0.3, 0.4) is 0 Å². The van der Waals surface area contributed by atoms with Crippen molar-refractivity contribution >= 4 is 35.2 Å². The molecule has 19 N–H and O–H groups in total. The predicted molar refractivity (Wildman–Crippen MR) is 222 cm³/mol. The van der Waals surface area contributed by atoms with Crippen molar-refractivity contribution in [2.45, 2.75) is 112 Å². The van der Waals surface area contributed by atoms with Gasteiger partial charge in [0.25, 0.3) is 0 Å². The highest BCUT2D eigenvalue weighted by atomic mass is 28.4. The summed E-state index contributed by atoms with van der Waals surface area (Å²) in [6.45, 7) is 23.7. The Balaban J connectivity index is -0.0000000832. The maximum absolute atomic E-state index is 9.06. The van der Waals surface area contributed by atoms with E-state index in [0.29, 0.717) is 91.3 Å². The van der Waals surface area contributed by atoms with Gasteiger partial charge in [0.2, 0.25) is 0 Å². The zero-order chi connectivity index (χ0) is 41.8. The molecule has 0 atom stereocenters. The zero-order valence-electron chi connectivity index (χ0n) is 35.1. The van der Waals surface area contributed by atoms with Crippen LogP contribution in [0.1, 0.15) is 88.0 Å². The number of hydrogen-bond acceptors (Lipinski definition) is 18. The van der Waals surface area contributed by atoms with Crippen LogP contribution in [0.4, 0.5) is 0 Å². The molecule has 0 aliphatic rings. The second-order valence-electron chi connectivity index (χ2n) is 10.1. The van der Waals surface area contributed by atoms with Gasteiger partial charge in [-0.1, -0.05) is 0 Å². The molecule has 340 valence electrons. The Kier molecular flexibility index (Phi) is 70.5. The third-order valence-corrected chi connectivity index (χ3v) is 14.4. The number of aliphatic hydroxyl groups is 2. The third kappa shape index (κ3) is 58.8. The summed E-state index contributed by atoms with van der Waals surface area (Å²) in [5, 5.41) is 15.1. The van der Waals surface area contributed by atoms with Gasteiger partial charge in [-0.25, -0.2) is 0 Å². The normalized spacial score (nSPS) is 10.9. The highest BCUT2D eigenvalue weighted by Gasteiger charge is 2.40. The maximum Gasteiger partial charge on any atom is 0.500 e. The highest BCUT2D eigenvalue weighted by Crippen LogP contribution is 2.18. The van der Waals surface area contributed by atoms with Gasteiger partial charge in [0.15, 0.2) is 0 Å². The molecule has 0 fully saturated rings. The number of rotatable bonds is 26. The Morgan fingerprint density at radius 2 is 0.574 bits per heavy atom. The molecule has 54 heavy (non-hydrogen) atoms. The van der Waals surface area contributed by atoms with E-state index in [-0.39, 0.29) is 30.2 Å². The van der Waals surface area contributed by atoms with Crippen LogP contribution in [0, 0.1) is 0 Å². The van der Waals surface area contributed by atoms with E-state index in [2.05, 4.69) is 0 Å². The van der Waals surface area contributed by atoms with E-state index in [4.69, 9.17) is 88.1 Å². The van der Waals surface area contributed by atoms with Crippen molar-refractivity contribution in [2.24, 2.45) is 22.9 Å². The summed E-state index contributed by atoms with van der Waals surface area (Å²) in [6, 6.07) is 1.98.